The van der Waals surface area contributed by atoms with Gasteiger partial charge in [0, 0.05) is 24.7 Å². The third-order valence-corrected chi connectivity index (χ3v) is 2.97. The summed E-state index contributed by atoms with van der Waals surface area (Å²) in [7, 11) is 1.68. The van der Waals surface area contributed by atoms with Crippen LogP contribution < -0.4 is 11.1 Å². The molecule has 1 aromatic rings. The molecule has 3 N–H and O–H groups in total. The van der Waals surface area contributed by atoms with Crippen LogP contribution in [0.2, 0.25) is 0 Å². The van der Waals surface area contributed by atoms with Crippen molar-refractivity contribution in [2.75, 3.05) is 44.5 Å². The topological polar surface area (TPSA) is 56.5 Å². The summed E-state index contributed by atoms with van der Waals surface area (Å²) in [5.74, 6) is 0. The van der Waals surface area contributed by atoms with E-state index >= 15 is 0 Å². The van der Waals surface area contributed by atoms with Gasteiger partial charge in [0.1, 0.15) is 0 Å². The van der Waals surface area contributed by atoms with Crippen LogP contribution in [0.15, 0.2) is 22.7 Å². The van der Waals surface area contributed by atoms with Gasteiger partial charge in [-0.1, -0.05) is 15.9 Å². The maximum Gasteiger partial charge on any atom is 0.0700 e. The lowest BCUT2D eigenvalue weighted by Crippen LogP contribution is -2.07. The molecule has 0 aliphatic heterocycles. The Labute approximate surface area is 117 Å². The fourth-order valence-corrected chi connectivity index (χ4v) is 1.87. The zero-order valence-corrected chi connectivity index (χ0v) is 12.3. The lowest BCUT2D eigenvalue weighted by atomic mass is 10.2. The van der Waals surface area contributed by atoms with Crippen LogP contribution in [0.25, 0.3) is 0 Å². The van der Waals surface area contributed by atoms with Gasteiger partial charge in [-0.15, -0.1) is 0 Å². The van der Waals surface area contributed by atoms with Crippen LogP contribution in [0.4, 0.5) is 11.4 Å². The van der Waals surface area contributed by atoms with E-state index in [1.165, 1.54) is 0 Å². The summed E-state index contributed by atoms with van der Waals surface area (Å²) in [6.45, 7) is 3.01. The minimum Gasteiger partial charge on any atom is -0.397 e. The van der Waals surface area contributed by atoms with Crippen LogP contribution >= 0.6 is 15.9 Å². The highest BCUT2D eigenvalue weighted by Gasteiger charge is 1.98. The molecule has 1 aromatic carbocycles. The Balaban J connectivity index is 2.07. The molecule has 102 valence electrons. The van der Waals surface area contributed by atoms with Crippen molar-refractivity contribution in [1.82, 2.24) is 0 Å². The van der Waals surface area contributed by atoms with Crippen LogP contribution in [-0.2, 0) is 9.47 Å². The van der Waals surface area contributed by atoms with Gasteiger partial charge in [0.15, 0.2) is 0 Å². The van der Waals surface area contributed by atoms with Crippen LogP contribution in [0, 0.1) is 0 Å². The van der Waals surface area contributed by atoms with Crippen molar-refractivity contribution in [3.8, 4) is 0 Å². The maximum atomic E-state index is 5.89. The fraction of sp³-hybridized carbons (Fsp3) is 0.538. The number of rotatable bonds is 9. The van der Waals surface area contributed by atoms with Crippen molar-refractivity contribution in [3.63, 3.8) is 0 Å². The normalized spacial score (nSPS) is 10.6. The highest BCUT2D eigenvalue weighted by molar-refractivity contribution is 9.10. The average Bonchev–Trinajstić information content (AvgIpc) is 2.35. The Morgan fingerprint density at radius 3 is 2.78 bits per heavy atom. The largest absolute Gasteiger partial charge is 0.397 e. The molecular formula is C13H21BrN2O2. The Morgan fingerprint density at radius 2 is 2.06 bits per heavy atom. The predicted octanol–water partition coefficient (Wildman–Crippen LogP) is 2.89. The Hall–Kier alpha value is -0.780. The first-order valence-corrected chi connectivity index (χ1v) is 6.89. The number of hydrogen-bond acceptors (Lipinski definition) is 4. The highest BCUT2D eigenvalue weighted by atomic mass is 79.9. The lowest BCUT2D eigenvalue weighted by molar-refractivity contribution is 0.0691. The van der Waals surface area contributed by atoms with Crippen molar-refractivity contribution >= 4 is 27.3 Å². The van der Waals surface area contributed by atoms with Gasteiger partial charge >= 0.3 is 0 Å². The van der Waals surface area contributed by atoms with E-state index in [9.17, 15) is 0 Å². The number of methoxy groups -OCH3 is 1. The quantitative estimate of drug-likeness (QED) is 0.543. The van der Waals surface area contributed by atoms with Gasteiger partial charge in [-0.2, -0.15) is 0 Å². The number of nitrogens with two attached hydrogens (primary N) is 1. The highest BCUT2D eigenvalue weighted by Crippen LogP contribution is 2.22. The van der Waals surface area contributed by atoms with Crippen molar-refractivity contribution in [1.29, 1.82) is 0 Å². The molecule has 0 saturated carbocycles. The Kier molecular flexibility index (Phi) is 7.80. The SMILES string of the molecule is COCCOCCCCNc1ccc(Br)cc1N. The van der Waals surface area contributed by atoms with Gasteiger partial charge in [0.25, 0.3) is 0 Å². The Morgan fingerprint density at radius 1 is 1.22 bits per heavy atom. The van der Waals surface area contributed by atoms with Crippen molar-refractivity contribution in [2.45, 2.75) is 12.8 Å². The second-order valence-electron chi connectivity index (χ2n) is 3.97. The number of halogens is 1. The molecule has 0 aliphatic rings. The molecule has 18 heavy (non-hydrogen) atoms. The molecule has 0 bridgehead atoms. The van der Waals surface area contributed by atoms with E-state index < -0.39 is 0 Å². The van der Waals surface area contributed by atoms with Gasteiger partial charge in [-0.3, -0.25) is 0 Å². The minimum atomic E-state index is 0.660. The maximum absolute atomic E-state index is 5.89. The monoisotopic (exact) mass is 316 g/mol. The zero-order valence-electron chi connectivity index (χ0n) is 10.7. The van der Waals surface area contributed by atoms with E-state index in [0.717, 1.165) is 41.8 Å². The third-order valence-electron chi connectivity index (χ3n) is 2.48. The van der Waals surface area contributed by atoms with E-state index in [0.29, 0.717) is 13.2 Å². The summed E-state index contributed by atoms with van der Waals surface area (Å²) >= 11 is 3.38. The van der Waals surface area contributed by atoms with Gasteiger partial charge in [-0.25, -0.2) is 0 Å². The molecule has 0 aliphatic carbocycles. The first-order chi connectivity index (χ1) is 8.74. The molecule has 0 unspecified atom stereocenters. The van der Waals surface area contributed by atoms with Gasteiger partial charge in [0.2, 0.25) is 0 Å². The van der Waals surface area contributed by atoms with Gasteiger partial charge in [-0.05, 0) is 31.0 Å². The van der Waals surface area contributed by atoms with Gasteiger partial charge in [0.05, 0.1) is 24.6 Å². The van der Waals surface area contributed by atoms with Crippen molar-refractivity contribution in [3.05, 3.63) is 22.7 Å². The van der Waals surface area contributed by atoms with E-state index in [-0.39, 0.29) is 0 Å². The smallest absolute Gasteiger partial charge is 0.0700 e. The summed E-state index contributed by atoms with van der Waals surface area (Å²) < 4.78 is 11.3. The molecule has 0 aromatic heterocycles. The van der Waals surface area contributed by atoms with E-state index in [4.69, 9.17) is 15.2 Å². The molecule has 0 spiro atoms. The first-order valence-electron chi connectivity index (χ1n) is 6.09. The lowest BCUT2D eigenvalue weighted by Gasteiger charge is -2.09. The second kappa shape index (κ2) is 9.19. The van der Waals surface area contributed by atoms with Crippen LogP contribution in [0.5, 0.6) is 0 Å². The number of benzene rings is 1. The molecule has 0 fully saturated rings. The molecule has 0 heterocycles. The number of anilines is 2. The molecule has 0 atom stereocenters. The molecule has 0 saturated heterocycles. The van der Waals surface area contributed by atoms with Gasteiger partial charge < -0.3 is 20.5 Å². The van der Waals surface area contributed by atoms with Crippen LogP contribution in [-0.4, -0.2) is 33.5 Å². The number of unbranched alkanes of at least 4 members (excludes halogenated alkanes) is 1. The first kappa shape index (κ1) is 15.3. The fourth-order valence-electron chi connectivity index (χ4n) is 1.49. The number of nitrogen functional groups attached to an aromatic ring is 1. The minimum absolute atomic E-state index is 0.660. The molecular weight excluding hydrogens is 296 g/mol. The summed E-state index contributed by atoms with van der Waals surface area (Å²) in [4.78, 5) is 0. The van der Waals surface area contributed by atoms with Crippen LogP contribution in [0.1, 0.15) is 12.8 Å². The molecule has 5 heteroatoms. The zero-order chi connectivity index (χ0) is 13.2. The summed E-state index contributed by atoms with van der Waals surface area (Å²) in [6.07, 6.45) is 2.09. The number of hydrogen-bond donors (Lipinski definition) is 2. The van der Waals surface area contributed by atoms with E-state index in [1.54, 1.807) is 7.11 Å². The summed E-state index contributed by atoms with van der Waals surface area (Å²) in [6, 6.07) is 5.86. The second-order valence-corrected chi connectivity index (χ2v) is 4.89. The van der Waals surface area contributed by atoms with E-state index in [1.807, 2.05) is 18.2 Å². The number of nitrogens with one attached hydrogen (secondary N) is 1. The third kappa shape index (κ3) is 6.23. The molecule has 1 rings (SSSR count). The number of ether oxygens (including phenoxy) is 2. The van der Waals surface area contributed by atoms with Crippen molar-refractivity contribution in [2.24, 2.45) is 0 Å². The Bertz CT molecular complexity index is 348. The van der Waals surface area contributed by atoms with Crippen LogP contribution in [0.3, 0.4) is 0 Å². The summed E-state index contributed by atoms with van der Waals surface area (Å²) in [5, 5.41) is 3.32. The molecule has 0 radical (unpaired) electrons. The molecule has 4 nitrogen and oxygen atoms in total. The summed E-state index contributed by atoms with van der Waals surface area (Å²) in [5.41, 5.74) is 7.64. The van der Waals surface area contributed by atoms with E-state index in [2.05, 4.69) is 21.2 Å². The molecule has 0 amide bonds. The van der Waals surface area contributed by atoms with Crippen molar-refractivity contribution < 1.29 is 9.47 Å². The standard InChI is InChI=1S/C13H21BrN2O2/c1-17-8-9-18-7-3-2-6-16-13-5-4-11(14)10-12(13)15/h4-5,10,16H,2-3,6-9,15H2,1H3. The predicted molar refractivity (Wildman–Crippen MR) is 79.0 cm³/mol. The average molecular weight is 317 g/mol.